The molecule has 2 saturated heterocycles. The molecule has 2 heterocycles. The third-order valence-corrected chi connectivity index (χ3v) is 11.1. The highest BCUT2D eigenvalue weighted by molar-refractivity contribution is 5.70. The second kappa shape index (κ2) is 15.9. The highest BCUT2D eigenvalue weighted by atomic mass is 16.7. The summed E-state index contributed by atoms with van der Waals surface area (Å²) >= 11 is 0. The van der Waals surface area contributed by atoms with Crippen molar-refractivity contribution in [3.63, 3.8) is 0 Å². The molecule has 0 bridgehead atoms. The molecule has 1 spiro atoms. The fraction of sp³-hybridized carbons (Fsp3) is 0.674. The van der Waals surface area contributed by atoms with E-state index in [1.807, 2.05) is 107 Å². The lowest BCUT2D eigenvalue weighted by atomic mass is 9.49. The number of benzene rings is 2. The van der Waals surface area contributed by atoms with Gasteiger partial charge in [0.25, 0.3) is 0 Å². The molecule has 0 aromatic heterocycles. The molecule has 2 aliphatic heterocycles. The van der Waals surface area contributed by atoms with Crippen molar-refractivity contribution >= 4 is 11.9 Å². The van der Waals surface area contributed by atoms with Crippen LogP contribution in [0, 0.1) is 30.1 Å². The van der Waals surface area contributed by atoms with Crippen molar-refractivity contribution in [2.45, 2.75) is 125 Å². The molecule has 2 aromatic carbocycles. The minimum absolute atomic E-state index is 0.00311. The van der Waals surface area contributed by atoms with Crippen molar-refractivity contribution in [3.8, 4) is 11.5 Å². The van der Waals surface area contributed by atoms with E-state index in [0.717, 1.165) is 33.4 Å². The fourth-order valence-electron chi connectivity index (χ4n) is 8.73. The van der Waals surface area contributed by atoms with Crippen LogP contribution in [-0.4, -0.2) is 74.4 Å². The molecule has 0 atom stereocenters. The van der Waals surface area contributed by atoms with Crippen LogP contribution in [0.15, 0.2) is 24.3 Å². The van der Waals surface area contributed by atoms with Crippen LogP contribution in [0.3, 0.4) is 0 Å². The molecule has 2 aliphatic rings. The first-order valence-corrected chi connectivity index (χ1v) is 18.8. The lowest BCUT2D eigenvalue weighted by molar-refractivity contribution is -0.380. The van der Waals surface area contributed by atoms with Crippen LogP contribution in [0.2, 0.25) is 0 Å². The van der Waals surface area contributed by atoms with E-state index in [-0.39, 0.29) is 93.7 Å². The molecule has 0 radical (unpaired) electrons. The third kappa shape index (κ3) is 9.04. The Kier molecular flexibility index (Phi) is 12.8. The molecular formula is C43H64O10. The molecule has 2 N–H and O–H groups in total. The van der Waals surface area contributed by atoms with Crippen molar-refractivity contribution < 1.29 is 48.2 Å². The van der Waals surface area contributed by atoms with Crippen LogP contribution in [0.25, 0.3) is 0 Å². The minimum Gasteiger partial charge on any atom is -0.507 e. The van der Waals surface area contributed by atoms with E-state index in [1.165, 1.54) is 0 Å². The number of phenols is 2. The summed E-state index contributed by atoms with van der Waals surface area (Å²) in [5.74, 6) is -0.131. The second-order valence-corrected chi connectivity index (χ2v) is 18.6. The van der Waals surface area contributed by atoms with Crippen molar-refractivity contribution in [3.05, 3.63) is 57.6 Å². The topological polar surface area (TPSA) is 130 Å². The molecule has 0 amide bonds. The second-order valence-electron chi connectivity index (χ2n) is 18.6. The van der Waals surface area contributed by atoms with Gasteiger partial charge in [-0.3, -0.25) is 9.59 Å². The largest absolute Gasteiger partial charge is 0.507 e. The highest BCUT2D eigenvalue weighted by Gasteiger charge is 2.70. The van der Waals surface area contributed by atoms with E-state index in [9.17, 15) is 19.8 Å². The first-order chi connectivity index (χ1) is 24.5. The zero-order valence-corrected chi connectivity index (χ0v) is 34.2. The SMILES string of the molecule is Cc1cc(CCC(=O)OCC(C)(C)C2(C(C)(C)COC(=O)CCc3cc(C)c(O)c(C(C)(C)C)c3)OCOCC23COCOC3)cc(C(C)(C)C)c1O. The van der Waals surface area contributed by atoms with Gasteiger partial charge in [-0.05, 0) is 70.9 Å². The van der Waals surface area contributed by atoms with Crippen LogP contribution < -0.4 is 0 Å². The summed E-state index contributed by atoms with van der Waals surface area (Å²) in [5, 5.41) is 21.3. The fourth-order valence-corrected chi connectivity index (χ4v) is 8.73. The maximum atomic E-state index is 13.4. The van der Waals surface area contributed by atoms with Gasteiger partial charge >= 0.3 is 11.9 Å². The maximum absolute atomic E-state index is 13.4. The summed E-state index contributed by atoms with van der Waals surface area (Å²) in [6.45, 7) is 25.1. The van der Waals surface area contributed by atoms with E-state index >= 15 is 0 Å². The molecule has 2 fully saturated rings. The van der Waals surface area contributed by atoms with E-state index in [1.54, 1.807) is 0 Å². The van der Waals surface area contributed by atoms with E-state index in [2.05, 4.69) is 0 Å². The van der Waals surface area contributed by atoms with Gasteiger partial charge in [-0.1, -0.05) is 93.5 Å². The standard InChI is InChI=1S/C43H64O10/c1-28-17-30(19-32(36(28)46)38(3,4)5)13-15-34(44)51-21-40(9,10)43(42(25-50-27-53-43)23-48-26-49-24-42)41(11,12)22-52-35(45)16-14-31-18-29(2)37(47)33(20-31)39(6,7)8/h17-20,46-47H,13-16,21-27H2,1-12H3. The predicted octanol–water partition coefficient (Wildman–Crippen LogP) is 7.75. The summed E-state index contributed by atoms with van der Waals surface area (Å²) in [7, 11) is 0. The minimum atomic E-state index is -1.09. The quantitative estimate of drug-likeness (QED) is 0.209. The molecule has 0 saturated carbocycles. The maximum Gasteiger partial charge on any atom is 0.306 e. The predicted molar refractivity (Wildman–Crippen MR) is 203 cm³/mol. The van der Waals surface area contributed by atoms with Gasteiger partial charge in [0.1, 0.15) is 25.1 Å². The number of rotatable bonds is 12. The van der Waals surface area contributed by atoms with Crippen LogP contribution in [0.5, 0.6) is 11.5 Å². The van der Waals surface area contributed by atoms with Gasteiger partial charge in [-0.15, -0.1) is 0 Å². The molecule has 0 unspecified atom stereocenters. The number of esters is 2. The number of hydrogen-bond donors (Lipinski definition) is 2. The Morgan fingerprint density at radius 3 is 1.40 bits per heavy atom. The van der Waals surface area contributed by atoms with E-state index in [0.29, 0.717) is 12.8 Å². The zero-order valence-electron chi connectivity index (χ0n) is 34.2. The van der Waals surface area contributed by atoms with Gasteiger partial charge in [0.2, 0.25) is 0 Å². The van der Waals surface area contributed by atoms with Crippen molar-refractivity contribution in [1.82, 2.24) is 0 Å². The van der Waals surface area contributed by atoms with Crippen LogP contribution in [0.1, 0.15) is 115 Å². The summed E-state index contributed by atoms with van der Waals surface area (Å²) in [6.07, 6.45) is 1.26. The van der Waals surface area contributed by atoms with Crippen molar-refractivity contribution in [2.75, 3.05) is 46.6 Å². The molecular weight excluding hydrogens is 676 g/mol. The molecule has 10 heteroatoms. The number of aryl methyl sites for hydroxylation is 4. The molecule has 2 aromatic rings. The van der Waals surface area contributed by atoms with E-state index < -0.39 is 21.8 Å². The molecule has 0 aliphatic carbocycles. The average Bonchev–Trinajstić information content (AvgIpc) is 3.06. The lowest BCUT2D eigenvalue weighted by Crippen LogP contribution is -2.75. The molecule has 10 nitrogen and oxygen atoms in total. The Balaban J connectivity index is 1.51. The van der Waals surface area contributed by atoms with Gasteiger partial charge < -0.3 is 38.6 Å². The number of phenolic OH excluding ortho intramolecular Hbond substituents is 2. The average molecular weight is 741 g/mol. The van der Waals surface area contributed by atoms with Crippen LogP contribution in [-0.2, 0) is 61.7 Å². The van der Waals surface area contributed by atoms with Gasteiger partial charge in [-0.25, -0.2) is 0 Å². The summed E-state index contributed by atoms with van der Waals surface area (Å²) < 4.78 is 36.5. The van der Waals surface area contributed by atoms with Crippen LogP contribution >= 0.6 is 0 Å². The van der Waals surface area contributed by atoms with Gasteiger partial charge in [0, 0.05) is 23.7 Å². The number of carbonyl (C=O) groups excluding carboxylic acids is 2. The number of carbonyl (C=O) groups is 2. The Hall–Kier alpha value is -3.18. The highest BCUT2D eigenvalue weighted by Crippen LogP contribution is 2.60. The monoisotopic (exact) mass is 740 g/mol. The molecule has 4 rings (SSSR count). The summed E-state index contributed by atoms with van der Waals surface area (Å²) in [6, 6.07) is 7.77. The zero-order chi connectivity index (χ0) is 39.6. The number of ether oxygens (including phenoxy) is 6. The van der Waals surface area contributed by atoms with Crippen molar-refractivity contribution in [1.29, 1.82) is 0 Å². The molecule has 53 heavy (non-hydrogen) atoms. The number of aromatic hydroxyl groups is 2. The van der Waals surface area contributed by atoms with Gasteiger partial charge in [0.15, 0.2) is 0 Å². The third-order valence-electron chi connectivity index (χ3n) is 11.1. The summed E-state index contributed by atoms with van der Waals surface area (Å²) in [4.78, 5) is 26.7. The van der Waals surface area contributed by atoms with E-state index in [4.69, 9.17) is 28.4 Å². The Morgan fingerprint density at radius 1 is 0.642 bits per heavy atom. The van der Waals surface area contributed by atoms with Gasteiger partial charge in [-0.2, -0.15) is 0 Å². The smallest absolute Gasteiger partial charge is 0.306 e. The first-order valence-electron chi connectivity index (χ1n) is 18.8. The molecule has 296 valence electrons. The normalized spacial score (nSPS) is 17.8. The van der Waals surface area contributed by atoms with Crippen LogP contribution in [0.4, 0.5) is 0 Å². The Labute approximate surface area is 316 Å². The van der Waals surface area contributed by atoms with Gasteiger partial charge in [0.05, 0.1) is 44.1 Å². The Bertz CT molecular complexity index is 1510. The number of hydrogen-bond acceptors (Lipinski definition) is 10. The van der Waals surface area contributed by atoms with Crippen molar-refractivity contribution in [2.24, 2.45) is 16.2 Å². The Morgan fingerprint density at radius 2 is 1.02 bits per heavy atom. The first kappa shape index (κ1) is 42.6. The lowest BCUT2D eigenvalue weighted by Gasteiger charge is -2.65. The summed E-state index contributed by atoms with van der Waals surface area (Å²) in [5.41, 5.74) is 1.11.